The monoisotopic (exact) mass is 1650 g/mol. The summed E-state index contributed by atoms with van der Waals surface area (Å²) < 4.78 is 38.7. The molecular formula is C105H105N11O4S2. The number of nitrogens with zero attached hydrogens (tertiary/aromatic N) is 11. The van der Waals surface area contributed by atoms with E-state index in [0.29, 0.717) is 18.7 Å². The molecule has 6 atom stereocenters. The lowest BCUT2D eigenvalue weighted by atomic mass is 9.75. The van der Waals surface area contributed by atoms with Crippen molar-refractivity contribution in [1.82, 2.24) is 24.9 Å². The van der Waals surface area contributed by atoms with Crippen molar-refractivity contribution in [1.29, 1.82) is 0 Å². The predicted molar refractivity (Wildman–Crippen MR) is 496 cm³/mol. The van der Waals surface area contributed by atoms with Crippen LogP contribution in [0, 0.1) is 0 Å². The highest BCUT2D eigenvalue weighted by atomic mass is 32.1. The van der Waals surface area contributed by atoms with Gasteiger partial charge in [0, 0.05) is 107 Å². The Hall–Kier alpha value is -11.5. The summed E-state index contributed by atoms with van der Waals surface area (Å²) in [5.41, 5.74) is 31.4. The molecule has 616 valence electrons. The Bertz CT molecular complexity index is 5960. The number of hydrogen-bond acceptors (Lipinski definition) is 17. The van der Waals surface area contributed by atoms with Gasteiger partial charge in [0.2, 0.25) is 0 Å². The fourth-order valence-electron chi connectivity index (χ4n) is 20.6. The zero-order valence-electron chi connectivity index (χ0n) is 72.2. The minimum atomic E-state index is -1.75. The maximum absolute atomic E-state index is 8.23. The highest BCUT2D eigenvalue weighted by Gasteiger charge is 2.45. The highest BCUT2D eigenvalue weighted by molar-refractivity contribution is 7.08. The second-order valence-electron chi connectivity index (χ2n) is 35.1. The summed E-state index contributed by atoms with van der Waals surface area (Å²) in [4.78, 5) is 49.5. The fourth-order valence-corrected chi connectivity index (χ4v) is 21.9. The van der Waals surface area contributed by atoms with Crippen LogP contribution in [0.5, 0.6) is 0 Å². The molecule has 0 fully saturated rings. The third kappa shape index (κ3) is 17.4. The molecule has 6 aliphatic heterocycles. The fraction of sp³-hybridized carbons (Fsp3) is 0.343. The van der Waals surface area contributed by atoms with E-state index in [-0.39, 0.29) is 27.7 Å². The van der Waals surface area contributed by atoms with Crippen LogP contribution >= 0.6 is 22.7 Å². The summed E-state index contributed by atoms with van der Waals surface area (Å²) in [5, 5.41) is 8.81. The number of aryl methyl sites for hydroxylation is 5. The van der Waals surface area contributed by atoms with E-state index in [0.717, 1.165) is 143 Å². The van der Waals surface area contributed by atoms with Gasteiger partial charge in [0.15, 0.2) is 23.6 Å². The number of benzene rings is 7. The molecular weight excluding hydrogens is 1540 g/mol. The zero-order chi connectivity index (χ0) is 84.4. The van der Waals surface area contributed by atoms with Gasteiger partial charge in [0.1, 0.15) is 54.9 Å². The molecule has 11 heterocycles. The van der Waals surface area contributed by atoms with Crippen molar-refractivity contribution >= 4 is 58.7 Å². The van der Waals surface area contributed by atoms with Crippen molar-refractivity contribution in [2.75, 3.05) is 26.4 Å². The van der Waals surface area contributed by atoms with Gasteiger partial charge in [-0.3, -0.25) is 24.9 Å². The first-order valence-electron chi connectivity index (χ1n) is 44.6. The molecule has 15 nitrogen and oxygen atoms in total. The van der Waals surface area contributed by atoms with Crippen LogP contribution in [0.25, 0.3) is 66.9 Å². The standard InChI is InChI=1S/C19H19NO.C18H18N2O.2C17H17N3O.2C17H17NS/c1-14-20-19(13-21-14)11-10-16-8-5-9-17(18(16)12-19)15-6-3-2-4-7-15;1-13-20-18(12-21-13)8-7-14-4-2-6-16(17(14)10-18)15-5-3-9-19-11-15;1-12-20-17(10-21-12)5-4-13-2-3-14(6-15(13)7-17)16-8-18-11-19-9-16;1-12-20-17(11-21-12)6-5-14-13(9-17)3-2-4-15(14)16-10-18-7-8-19-16;1-6-17(18-8-1)7-4-13-2-3-14(10-16(13)11-17)15-5-9-19-12-15;1-3-13-5-8-17(7-2-9-18-17)11-16(13)15(4-1)14-6-10-19-12-14/h2-9H,10-13H2,1H3;2-6,9,11H,7-8,10,12H2,1H3;2-3,6,8-9,11H,4-5,7,10H2,1H3;2-4,7-8,10H,5-6,9,11H2,1H3;2-3,5,8-10,12H,1,4,6-7,11H2;1,3-4,6,9-10,12H,2,5,7-8,11H2/t19-;18-;17-;;;/m010.../s1/i;;;11D2;;. The number of pyridine rings is 1. The Balaban J connectivity index is 0.0000000977. The van der Waals surface area contributed by atoms with Gasteiger partial charge in [-0.2, -0.15) is 22.7 Å². The molecule has 5 aromatic heterocycles. The van der Waals surface area contributed by atoms with Gasteiger partial charge in [-0.1, -0.05) is 146 Å². The molecule has 3 unspecified atom stereocenters. The lowest BCUT2D eigenvalue weighted by Crippen LogP contribution is -2.35. The van der Waals surface area contributed by atoms with Crippen molar-refractivity contribution in [2.45, 2.75) is 202 Å². The van der Waals surface area contributed by atoms with Crippen LogP contribution in [0.15, 0.2) is 265 Å². The molecule has 0 radical (unpaired) electrons. The summed E-state index contributed by atoms with van der Waals surface area (Å²) in [5.74, 6) is 2.93. The summed E-state index contributed by atoms with van der Waals surface area (Å²) in [6.07, 6.45) is 41.6. The lowest BCUT2D eigenvalue weighted by Gasteiger charge is -2.33. The van der Waals surface area contributed by atoms with Crippen LogP contribution in [0.2, 0.25) is 0 Å². The smallest absolute Gasteiger partial charge is 0.180 e. The Kier molecular flexibility index (Phi) is 22.2. The predicted octanol–water partition coefficient (Wildman–Crippen LogP) is 22.1. The third-order valence-electron chi connectivity index (χ3n) is 26.9. The molecule has 7 aromatic carbocycles. The SMILES string of the molecule is C1=NC2(CC1)CCc1ccc(-c3ccsc3)cc1C2.C1=NC2(CC1)CCc1cccc(-c3ccsc3)c1C2.CC1=N[C@@]2(CCc3cccc(-c4cccnc4)c3C2)CO1.CC1=N[C@]2(CCc3ccc(-c4cncnc4)cc3C2)CO1.CC1=N[C@]2(CCc3cccc(-c4ccccc4)c3C2)CO1.[2H]C1([2H])OC(C)=NC12CCc1c(cccc1-c1cnccn1)C2. The number of fused-ring (bicyclic) bond motifs is 6. The number of thiophene rings is 2. The van der Waals surface area contributed by atoms with Crippen molar-refractivity contribution < 1.29 is 21.7 Å². The molecule has 0 N–H and O–H groups in total. The summed E-state index contributed by atoms with van der Waals surface area (Å²) in [6.45, 7) is 8.01. The molecule has 12 aromatic rings. The van der Waals surface area contributed by atoms with E-state index >= 15 is 0 Å². The molecule has 0 saturated carbocycles. The zero-order valence-corrected chi connectivity index (χ0v) is 71.9. The van der Waals surface area contributed by atoms with Crippen LogP contribution in [-0.2, 0) is 96.0 Å². The summed E-state index contributed by atoms with van der Waals surface area (Å²) in [7, 11) is 0. The normalized spacial score (nSPS) is 24.6. The minimum Gasteiger partial charge on any atom is -0.479 e. The Labute approximate surface area is 727 Å². The molecule has 12 aliphatic rings. The maximum atomic E-state index is 8.23. The lowest BCUT2D eigenvalue weighted by molar-refractivity contribution is 0.236. The molecule has 122 heavy (non-hydrogen) atoms. The van der Waals surface area contributed by atoms with Gasteiger partial charge >= 0.3 is 0 Å². The largest absolute Gasteiger partial charge is 0.479 e. The Morgan fingerprint density at radius 2 is 0.779 bits per heavy atom. The average Bonchev–Trinajstić information content (AvgIpc) is 1.56. The van der Waals surface area contributed by atoms with Gasteiger partial charge in [0.05, 0.1) is 25.7 Å². The highest BCUT2D eigenvalue weighted by Crippen LogP contribution is 2.47. The van der Waals surface area contributed by atoms with E-state index in [2.05, 4.69) is 216 Å². The Morgan fingerprint density at radius 3 is 1.30 bits per heavy atom. The average molecular weight is 1650 g/mol. The number of rotatable bonds is 6. The number of aliphatic imine (C=N–C) groups is 6. The molecule has 0 saturated heterocycles. The van der Waals surface area contributed by atoms with Crippen molar-refractivity contribution in [3.63, 3.8) is 0 Å². The minimum absolute atomic E-state index is 0.0258. The third-order valence-corrected chi connectivity index (χ3v) is 28.3. The molecule has 0 amide bonds. The van der Waals surface area contributed by atoms with Crippen LogP contribution in [0.3, 0.4) is 0 Å². The Morgan fingerprint density at radius 1 is 0.320 bits per heavy atom. The second kappa shape index (κ2) is 34.8. The van der Waals surface area contributed by atoms with Crippen LogP contribution in [0.4, 0.5) is 0 Å². The van der Waals surface area contributed by atoms with Gasteiger partial charge in [-0.25, -0.2) is 29.9 Å². The van der Waals surface area contributed by atoms with E-state index in [9.17, 15) is 0 Å². The van der Waals surface area contributed by atoms with Crippen molar-refractivity contribution in [3.8, 4) is 66.9 Å². The van der Waals surface area contributed by atoms with Crippen molar-refractivity contribution in [2.24, 2.45) is 30.0 Å². The first-order chi connectivity index (χ1) is 60.5. The molecule has 6 aliphatic carbocycles. The van der Waals surface area contributed by atoms with Crippen LogP contribution in [-0.4, -0.2) is 121 Å². The van der Waals surface area contributed by atoms with E-state index < -0.39 is 12.1 Å². The number of hydrogen-bond donors (Lipinski definition) is 0. The first kappa shape index (κ1) is 77.8. The van der Waals surface area contributed by atoms with Gasteiger partial charge < -0.3 is 18.9 Å². The number of ether oxygens (including phenoxy) is 4. The van der Waals surface area contributed by atoms with Crippen molar-refractivity contribution in [3.05, 3.63) is 302 Å². The number of aromatic nitrogens is 5. The molecule has 0 bridgehead atoms. The van der Waals surface area contributed by atoms with Gasteiger partial charge in [-0.15, -0.1) is 0 Å². The second-order valence-corrected chi connectivity index (χ2v) is 36.7. The summed E-state index contributed by atoms with van der Waals surface area (Å²) >= 11 is 3.55. The van der Waals surface area contributed by atoms with Gasteiger partial charge in [-0.05, 0) is 279 Å². The topological polar surface area (TPSA) is 176 Å². The summed E-state index contributed by atoms with van der Waals surface area (Å²) in [6, 6.07) is 59.0. The molecule has 24 rings (SSSR count). The van der Waals surface area contributed by atoms with Crippen LogP contribution < -0.4 is 0 Å². The van der Waals surface area contributed by atoms with E-state index in [1.165, 1.54) is 151 Å². The molecule has 6 spiro atoms. The maximum Gasteiger partial charge on any atom is 0.180 e. The van der Waals surface area contributed by atoms with E-state index in [4.69, 9.17) is 46.7 Å². The van der Waals surface area contributed by atoms with E-state index in [1.807, 2.05) is 57.7 Å². The first-order valence-corrected chi connectivity index (χ1v) is 45.5. The van der Waals surface area contributed by atoms with E-state index in [1.54, 1.807) is 60.1 Å². The molecule has 17 heteroatoms. The quantitative estimate of drug-likeness (QED) is 0.157. The van der Waals surface area contributed by atoms with Crippen LogP contribution in [0.1, 0.15) is 161 Å². The van der Waals surface area contributed by atoms with Gasteiger partial charge in [0.25, 0.3) is 0 Å².